The first-order chi connectivity index (χ1) is 9.90. The van der Waals surface area contributed by atoms with Crippen LogP contribution >= 0.6 is 27.3 Å². The van der Waals surface area contributed by atoms with Crippen LogP contribution in [0.5, 0.6) is 0 Å². The van der Waals surface area contributed by atoms with Gasteiger partial charge in [-0.3, -0.25) is 0 Å². The van der Waals surface area contributed by atoms with Crippen LogP contribution in [-0.2, 0) is 6.54 Å². The summed E-state index contributed by atoms with van der Waals surface area (Å²) in [6.07, 6.45) is 0. The molecule has 5 heteroatoms. The zero-order chi connectivity index (χ0) is 15.6. The van der Waals surface area contributed by atoms with Gasteiger partial charge in [0.15, 0.2) is 0 Å². The number of benzene rings is 1. The summed E-state index contributed by atoms with van der Waals surface area (Å²) >= 11 is 5.00. The third-order valence-electron chi connectivity index (χ3n) is 3.12. The normalized spacial score (nSPS) is 11.6. The van der Waals surface area contributed by atoms with E-state index in [1.54, 1.807) is 17.4 Å². The Bertz CT molecular complexity index is 602. The van der Waals surface area contributed by atoms with E-state index in [-0.39, 0.29) is 5.82 Å². The minimum atomic E-state index is -0.239. The maximum absolute atomic E-state index is 14.1. The zero-order valence-corrected chi connectivity index (χ0v) is 15.1. The molecule has 0 spiro atoms. The SMILES string of the molecule is CC(C)NCc1sc(-c2c(F)cccc2Br)nc1C(C)C. The van der Waals surface area contributed by atoms with Crippen LogP contribution in [-0.4, -0.2) is 11.0 Å². The molecule has 1 aromatic heterocycles. The maximum Gasteiger partial charge on any atom is 0.134 e. The van der Waals surface area contributed by atoms with Gasteiger partial charge in [-0.2, -0.15) is 0 Å². The Balaban J connectivity index is 2.44. The highest BCUT2D eigenvalue weighted by Gasteiger charge is 2.19. The average Bonchev–Trinajstić information content (AvgIpc) is 2.80. The lowest BCUT2D eigenvalue weighted by Gasteiger charge is -2.09. The summed E-state index contributed by atoms with van der Waals surface area (Å²) in [4.78, 5) is 5.87. The van der Waals surface area contributed by atoms with Crippen molar-refractivity contribution in [1.29, 1.82) is 0 Å². The first-order valence-corrected chi connectivity index (χ1v) is 8.68. The molecule has 2 nitrogen and oxygen atoms in total. The number of halogens is 2. The van der Waals surface area contributed by atoms with Crippen molar-refractivity contribution in [1.82, 2.24) is 10.3 Å². The van der Waals surface area contributed by atoms with Gasteiger partial charge in [0, 0.05) is 21.9 Å². The first-order valence-electron chi connectivity index (χ1n) is 7.07. The molecular weight excluding hydrogens is 351 g/mol. The second kappa shape index (κ2) is 6.99. The van der Waals surface area contributed by atoms with Gasteiger partial charge >= 0.3 is 0 Å². The molecule has 0 fully saturated rings. The number of nitrogens with zero attached hydrogens (tertiary/aromatic N) is 1. The van der Waals surface area contributed by atoms with E-state index in [9.17, 15) is 4.39 Å². The van der Waals surface area contributed by atoms with Crippen molar-refractivity contribution >= 4 is 27.3 Å². The van der Waals surface area contributed by atoms with E-state index in [0.29, 0.717) is 17.5 Å². The highest BCUT2D eigenvalue weighted by Crippen LogP contribution is 2.37. The predicted octanol–water partition coefficient (Wildman–Crippen LogP) is 5.33. The average molecular weight is 371 g/mol. The molecule has 0 saturated heterocycles. The quantitative estimate of drug-likeness (QED) is 0.768. The van der Waals surface area contributed by atoms with Crippen LogP contribution < -0.4 is 5.32 Å². The molecule has 0 radical (unpaired) electrons. The zero-order valence-electron chi connectivity index (χ0n) is 12.7. The molecule has 0 unspecified atom stereocenters. The lowest BCUT2D eigenvalue weighted by Crippen LogP contribution is -2.22. The molecule has 21 heavy (non-hydrogen) atoms. The van der Waals surface area contributed by atoms with Crippen LogP contribution in [0, 0.1) is 5.82 Å². The van der Waals surface area contributed by atoms with Crippen LogP contribution in [0.15, 0.2) is 22.7 Å². The highest BCUT2D eigenvalue weighted by molar-refractivity contribution is 9.10. The van der Waals surface area contributed by atoms with E-state index >= 15 is 0 Å². The summed E-state index contributed by atoms with van der Waals surface area (Å²) in [5.41, 5.74) is 1.61. The summed E-state index contributed by atoms with van der Waals surface area (Å²) in [5, 5.41) is 4.16. The molecule has 0 aliphatic heterocycles. The Labute approximate surface area is 137 Å². The Morgan fingerprint density at radius 3 is 2.57 bits per heavy atom. The number of thiazole rings is 1. The maximum atomic E-state index is 14.1. The van der Waals surface area contributed by atoms with Crippen molar-refractivity contribution in [2.45, 2.75) is 46.2 Å². The first kappa shape index (κ1) is 16.6. The van der Waals surface area contributed by atoms with E-state index in [2.05, 4.69) is 53.9 Å². The standard InChI is InChI=1S/C16H20BrFN2S/c1-9(2)15-13(8-19-10(3)4)21-16(20-15)14-11(17)6-5-7-12(14)18/h5-7,9-10,19H,8H2,1-4H3. The van der Waals surface area contributed by atoms with Crippen molar-refractivity contribution < 1.29 is 4.39 Å². The molecule has 1 N–H and O–H groups in total. The third-order valence-corrected chi connectivity index (χ3v) is 4.87. The molecule has 1 heterocycles. The molecule has 2 rings (SSSR count). The number of aromatic nitrogens is 1. The van der Waals surface area contributed by atoms with Gasteiger partial charge in [-0.05, 0) is 34.0 Å². The Morgan fingerprint density at radius 2 is 2.00 bits per heavy atom. The Kier molecular flexibility index (Phi) is 5.52. The number of rotatable bonds is 5. The monoisotopic (exact) mass is 370 g/mol. The van der Waals surface area contributed by atoms with E-state index in [1.165, 1.54) is 10.9 Å². The molecule has 0 bridgehead atoms. The van der Waals surface area contributed by atoms with Crippen LogP contribution in [0.2, 0.25) is 0 Å². The van der Waals surface area contributed by atoms with Crippen molar-refractivity contribution in [2.75, 3.05) is 0 Å². The number of hydrogen-bond donors (Lipinski definition) is 1. The van der Waals surface area contributed by atoms with Gasteiger partial charge in [0.2, 0.25) is 0 Å². The molecule has 1 aromatic carbocycles. The minimum Gasteiger partial charge on any atom is -0.310 e. The fourth-order valence-electron chi connectivity index (χ4n) is 2.05. The summed E-state index contributed by atoms with van der Waals surface area (Å²) in [6, 6.07) is 5.43. The topological polar surface area (TPSA) is 24.9 Å². The van der Waals surface area contributed by atoms with Crippen LogP contribution in [0.1, 0.15) is 44.2 Å². The van der Waals surface area contributed by atoms with Gasteiger partial charge in [-0.15, -0.1) is 11.3 Å². The fraction of sp³-hybridized carbons (Fsp3) is 0.438. The van der Waals surface area contributed by atoms with Gasteiger partial charge in [-0.1, -0.05) is 33.8 Å². The van der Waals surface area contributed by atoms with Gasteiger partial charge in [-0.25, -0.2) is 9.37 Å². The molecule has 114 valence electrons. The van der Waals surface area contributed by atoms with Crippen molar-refractivity contribution in [3.63, 3.8) is 0 Å². The number of hydrogen-bond acceptors (Lipinski definition) is 3. The van der Waals surface area contributed by atoms with Gasteiger partial charge in [0.05, 0.1) is 11.3 Å². The van der Waals surface area contributed by atoms with E-state index in [1.807, 2.05) is 6.07 Å². The summed E-state index contributed by atoms with van der Waals surface area (Å²) in [7, 11) is 0. The fourth-order valence-corrected chi connectivity index (χ4v) is 3.94. The number of nitrogens with one attached hydrogen (secondary N) is 1. The third kappa shape index (κ3) is 3.90. The van der Waals surface area contributed by atoms with E-state index < -0.39 is 0 Å². The summed E-state index contributed by atoms with van der Waals surface area (Å²) < 4.78 is 14.9. The van der Waals surface area contributed by atoms with Crippen LogP contribution in [0.3, 0.4) is 0 Å². The highest BCUT2D eigenvalue weighted by atomic mass is 79.9. The molecule has 0 amide bonds. The predicted molar refractivity (Wildman–Crippen MR) is 91.3 cm³/mol. The largest absolute Gasteiger partial charge is 0.310 e. The summed E-state index contributed by atoms with van der Waals surface area (Å²) in [6.45, 7) is 9.24. The molecule has 0 aliphatic carbocycles. The molecule has 0 atom stereocenters. The molecular formula is C16H20BrFN2S. The van der Waals surface area contributed by atoms with Crippen LogP contribution in [0.4, 0.5) is 4.39 Å². The molecule has 0 aliphatic rings. The molecule has 0 saturated carbocycles. The van der Waals surface area contributed by atoms with Crippen molar-refractivity contribution in [3.8, 4) is 10.6 Å². The Hall–Kier alpha value is -0.780. The van der Waals surface area contributed by atoms with Gasteiger partial charge in [0.25, 0.3) is 0 Å². The van der Waals surface area contributed by atoms with E-state index in [0.717, 1.165) is 21.7 Å². The molecule has 2 aromatic rings. The van der Waals surface area contributed by atoms with Crippen LogP contribution in [0.25, 0.3) is 10.6 Å². The van der Waals surface area contributed by atoms with Gasteiger partial charge in [0.1, 0.15) is 10.8 Å². The lowest BCUT2D eigenvalue weighted by molar-refractivity contribution is 0.588. The second-order valence-electron chi connectivity index (χ2n) is 5.61. The van der Waals surface area contributed by atoms with Crippen molar-refractivity contribution in [2.24, 2.45) is 0 Å². The van der Waals surface area contributed by atoms with Gasteiger partial charge < -0.3 is 5.32 Å². The lowest BCUT2D eigenvalue weighted by atomic mass is 10.1. The van der Waals surface area contributed by atoms with E-state index in [4.69, 9.17) is 0 Å². The summed E-state index contributed by atoms with van der Waals surface area (Å²) in [5.74, 6) is 0.0845. The smallest absolute Gasteiger partial charge is 0.134 e. The Morgan fingerprint density at radius 1 is 1.29 bits per heavy atom. The second-order valence-corrected chi connectivity index (χ2v) is 7.55. The van der Waals surface area contributed by atoms with Crippen molar-refractivity contribution in [3.05, 3.63) is 39.1 Å². The minimum absolute atomic E-state index is 0.239.